The van der Waals surface area contributed by atoms with Crippen molar-refractivity contribution in [2.75, 3.05) is 0 Å². The van der Waals surface area contributed by atoms with Gasteiger partial charge < -0.3 is 0 Å². The van der Waals surface area contributed by atoms with Gasteiger partial charge in [-0.15, -0.1) is 0 Å². The summed E-state index contributed by atoms with van der Waals surface area (Å²) in [5.74, 6) is 0. The Morgan fingerprint density at radius 2 is 1.70 bits per heavy atom. The standard InChI is InChI=1S/C24H24NSSi/c1-15-9-10-16-7-6-8-20-22(16)21(15)23-24(26-20)19-13-18(27(3,4)5)12-11-17(19)14-25(23)2/h6-14H,1-5H3/q+1. The number of pyridine rings is 1. The summed E-state index contributed by atoms with van der Waals surface area (Å²) >= 11 is 1.94. The van der Waals surface area contributed by atoms with Crippen molar-refractivity contribution in [1.82, 2.24) is 0 Å². The predicted molar refractivity (Wildman–Crippen MR) is 120 cm³/mol. The molecule has 0 atom stereocenters. The molecule has 1 aliphatic heterocycles. The molecule has 1 nitrogen and oxygen atoms in total. The molecule has 0 saturated carbocycles. The summed E-state index contributed by atoms with van der Waals surface area (Å²) in [6, 6.07) is 18.4. The van der Waals surface area contributed by atoms with E-state index in [2.05, 4.69) is 92.9 Å². The number of benzene rings is 3. The van der Waals surface area contributed by atoms with Crippen LogP contribution in [0.5, 0.6) is 0 Å². The van der Waals surface area contributed by atoms with Crippen molar-refractivity contribution < 1.29 is 4.57 Å². The minimum atomic E-state index is -1.36. The van der Waals surface area contributed by atoms with Crippen molar-refractivity contribution in [3.8, 4) is 11.3 Å². The molecule has 0 aliphatic carbocycles. The molecule has 0 fully saturated rings. The van der Waals surface area contributed by atoms with Gasteiger partial charge in [0, 0.05) is 21.1 Å². The smallest absolute Gasteiger partial charge is 0.199 e. The maximum absolute atomic E-state index is 2.47. The van der Waals surface area contributed by atoms with Gasteiger partial charge in [0.15, 0.2) is 6.20 Å². The van der Waals surface area contributed by atoms with E-state index in [4.69, 9.17) is 0 Å². The van der Waals surface area contributed by atoms with Crippen LogP contribution in [0.2, 0.25) is 19.6 Å². The van der Waals surface area contributed by atoms with Crippen LogP contribution in [-0.4, -0.2) is 8.07 Å². The number of hydrogen-bond acceptors (Lipinski definition) is 1. The molecule has 0 unspecified atom stereocenters. The molecule has 3 aromatic carbocycles. The molecule has 5 rings (SSSR count). The third-order valence-electron chi connectivity index (χ3n) is 5.73. The lowest BCUT2D eigenvalue weighted by atomic mass is 9.95. The summed E-state index contributed by atoms with van der Waals surface area (Å²) in [7, 11) is 0.835. The summed E-state index contributed by atoms with van der Waals surface area (Å²) in [5, 5.41) is 7.00. The third kappa shape index (κ3) is 2.49. The molecule has 134 valence electrons. The largest absolute Gasteiger partial charge is 0.227 e. The van der Waals surface area contributed by atoms with Gasteiger partial charge in [-0.2, -0.15) is 4.57 Å². The molecule has 0 amide bonds. The topological polar surface area (TPSA) is 3.88 Å². The van der Waals surface area contributed by atoms with Crippen LogP contribution >= 0.6 is 11.8 Å². The van der Waals surface area contributed by atoms with E-state index in [0.717, 1.165) is 0 Å². The summed E-state index contributed by atoms with van der Waals surface area (Å²) in [6.45, 7) is 9.53. The van der Waals surface area contributed by atoms with Crippen LogP contribution < -0.4 is 9.75 Å². The highest BCUT2D eigenvalue weighted by Crippen LogP contribution is 2.49. The van der Waals surface area contributed by atoms with Gasteiger partial charge >= 0.3 is 0 Å². The number of aryl methyl sites for hydroxylation is 2. The van der Waals surface area contributed by atoms with Gasteiger partial charge in [-0.1, -0.05) is 73.0 Å². The van der Waals surface area contributed by atoms with Crippen molar-refractivity contribution in [2.24, 2.45) is 7.05 Å². The zero-order valence-electron chi connectivity index (χ0n) is 16.6. The summed E-state index contributed by atoms with van der Waals surface area (Å²) in [6.07, 6.45) is 2.30. The average molecular weight is 387 g/mol. The second-order valence-electron chi connectivity index (χ2n) is 8.68. The zero-order chi connectivity index (χ0) is 18.9. The molecule has 0 radical (unpaired) electrons. The van der Waals surface area contributed by atoms with Crippen molar-refractivity contribution in [3.05, 3.63) is 60.3 Å². The zero-order valence-corrected chi connectivity index (χ0v) is 18.4. The fourth-order valence-electron chi connectivity index (χ4n) is 4.24. The Bertz CT molecular complexity index is 1250. The lowest BCUT2D eigenvalue weighted by Crippen LogP contribution is -2.38. The minimum Gasteiger partial charge on any atom is -0.199 e. The van der Waals surface area contributed by atoms with E-state index in [1.165, 1.54) is 53.3 Å². The van der Waals surface area contributed by atoms with E-state index in [0.29, 0.717) is 0 Å². The Hall–Kier alpha value is -2.10. The fourth-order valence-corrected chi connectivity index (χ4v) is 6.71. The lowest BCUT2D eigenvalue weighted by molar-refractivity contribution is -0.660. The fraction of sp³-hybridized carbons (Fsp3) is 0.208. The molecule has 4 aromatic rings. The summed E-state index contributed by atoms with van der Waals surface area (Å²) in [5.41, 5.74) is 4.12. The number of aromatic nitrogens is 1. The van der Waals surface area contributed by atoms with Crippen LogP contribution in [0.1, 0.15) is 5.56 Å². The number of rotatable bonds is 1. The number of fused-ring (bicyclic) bond motifs is 4. The van der Waals surface area contributed by atoms with Crippen LogP contribution in [0.4, 0.5) is 0 Å². The van der Waals surface area contributed by atoms with Crippen LogP contribution in [0.15, 0.2) is 64.5 Å². The van der Waals surface area contributed by atoms with Crippen molar-refractivity contribution in [1.29, 1.82) is 0 Å². The van der Waals surface area contributed by atoms with E-state index >= 15 is 0 Å². The molecule has 0 spiro atoms. The Morgan fingerprint density at radius 1 is 0.926 bits per heavy atom. The molecule has 0 saturated heterocycles. The Labute approximate surface area is 166 Å². The summed E-state index contributed by atoms with van der Waals surface area (Å²) in [4.78, 5) is 2.79. The van der Waals surface area contributed by atoms with Crippen molar-refractivity contribution in [3.63, 3.8) is 0 Å². The van der Waals surface area contributed by atoms with E-state index in [-0.39, 0.29) is 0 Å². The normalized spacial score (nSPS) is 13.2. The molecule has 27 heavy (non-hydrogen) atoms. The van der Waals surface area contributed by atoms with Gasteiger partial charge in [-0.25, -0.2) is 0 Å². The first-order valence-corrected chi connectivity index (χ1v) is 13.8. The molecule has 0 N–H and O–H groups in total. The molecular formula is C24H24NSSi+. The second-order valence-corrected chi connectivity index (χ2v) is 14.8. The molecule has 1 aromatic heterocycles. The van der Waals surface area contributed by atoms with Crippen LogP contribution in [0.3, 0.4) is 0 Å². The molecule has 1 aliphatic rings. The Morgan fingerprint density at radius 3 is 2.48 bits per heavy atom. The molecule has 2 heterocycles. The Kier molecular flexibility index (Phi) is 3.59. The molecular weight excluding hydrogens is 362 g/mol. The number of nitrogens with zero attached hydrogens (tertiary/aromatic N) is 1. The van der Waals surface area contributed by atoms with Gasteiger partial charge in [0.25, 0.3) is 0 Å². The number of hydrogen-bond donors (Lipinski definition) is 0. The third-order valence-corrected chi connectivity index (χ3v) is 8.95. The first kappa shape index (κ1) is 17.0. The van der Waals surface area contributed by atoms with Crippen molar-refractivity contribution in [2.45, 2.75) is 36.4 Å². The van der Waals surface area contributed by atoms with Crippen LogP contribution in [0.25, 0.3) is 32.8 Å². The van der Waals surface area contributed by atoms with E-state index in [1.807, 2.05) is 11.8 Å². The highest BCUT2D eigenvalue weighted by atomic mass is 32.2. The monoisotopic (exact) mass is 386 g/mol. The van der Waals surface area contributed by atoms with E-state index < -0.39 is 8.07 Å². The van der Waals surface area contributed by atoms with Crippen molar-refractivity contribution >= 4 is 46.6 Å². The van der Waals surface area contributed by atoms with E-state index in [1.54, 1.807) is 0 Å². The molecule has 0 bridgehead atoms. The van der Waals surface area contributed by atoms with Gasteiger partial charge in [0.05, 0.1) is 18.5 Å². The molecule has 3 heteroatoms. The first-order chi connectivity index (χ1) is 12.8. The van der Waals surface area contributed by atoms with E-state index in [9.17, 15) is 0 Å². The SMILES string of the molecule is Cc1ccc2cccc3c2c1-c1c(c2cc([Si](C)(C)C)ccc2c[n+]1C)S3. The lowest BCUT2D eigenvalue weighted by Gasteiger charge is -2.22. The van der Waals surface area contributed by atoms with Gasteiger partial charge in [0.1, 0.15) is 7.05 Å². The Balaban J connectivity index is 1.94. The van der Waals surface area contributed by atoms with Gasteiger partial charge in [-0.3, -0.25) is 0 Å². The van der Waals surface area contributed by atoms with Gasteiger partial charge in [0.2, 0.25) is 5.69 Å². The summed E-state index contributed by atoms with van der Waals surface area (Å²) < 4.78 is 2.33. The van der Waals surface area contributed by atoms with Crippen LogP contribution in [-0.2, 0) is 7.05 Å². The quantitative estimate of drug-likeness (QED) is 0.260. The highest BCUT2D eigenvalue weighted by molar-refractivity contribution is 8.00. The second kappa shape index (κ2) is 5.70. The predicted octanol–water partition coefficient (Wildman–Crippen LogP) is 5.80. The average Bonchev–Trinajstić information content (AvgIpc) is 2.63. The maximum atomic E-state index is 2.47. The maximum Gasteiger partial charge on any atom is 0.227 e. The first-order valence-electron chi connectivity index (χ1n) is 9.52. The highest BCUT2D eigenvalue weighted by Gasteiger charge is 2.30. The minimum absolute atomic E-state index is 1.33. The van der Waals surface area contributed by atoms with Gasteiger partial charge in [-0.05, 0) is 30.0 Å². The van der Waals surface area contributed by atoms with Crippen LogP contribution in [0, 0.1) is 6.92 Å².